The fourth-order valence-electron chi connectivity index (χ4n) is 3.78. The van der Waals surface area contributed by atoms with Crippen LogP contribution >= 0.6 is 0 Å². The Hall–Kier alpha value is -3.49. The van der Waals surface area contributed by atoms with E-state index in [-0.39, 0.29) is 35.5 Å². The second-order valence-electron chi connectivity index (χ2n) is 8.82. The molecule has 0 saturated heterocycles. The monoisotopic (exact) mass is 434 g/mol. The van der Waals surface area contributed by atoms with Crippen LogP contribution < -0.4 is 10.6 Å². The fraction of sp³-hybridized carbons (Fsp3) is 0.435. The summed E-state index contributed by atoms with van der Waals surface area (Å²) in [7, 11) is 0. The molecule has 32 heavy (non-hydrogen) atoms. The number of carbonyl (C=O) groups is 2. The van der Waals surface area contributed by atoms with Crippen molar-refractivity contribution in [3.63, 3.8) is 0 Å². The van der Waals surface area contributed by atoms with Crippen molar-refractivity contribution in [2.24, 2.45) is 11.8 Å². The molecule has 2 saturated carbocycles. The second kappa shape index (κ2) is 8.22. The van der Waals surface area contributed by atoms with Crippen molar-refractivity contribution in [2.45, 2.75) is 51.6 Å². The maximum Gasteiger partial charge on any atom is 0.288 e. The quantitative estimate of drug-likeness (QED) is 0.500. The third-order valence-corrected chi connectivity index (χ3v) is 6.17. The summed E-state index contributed by atoms with van der Waals surface area (Å²) >= 11 is 0. The fourth-order valence-corrected chi connectivity index (χ4v) is 3.78. The summed E-state index contributed by atoms with van der Waals surface area (Å²) in [5.74, 6) is 1.69. The van der Waals surface area contributed by atoms with Crippen LogP contribution in [0, 0.1) is 11.8 Å². The molecule has 2 aromatic heterocycles. The first-order chi connectivity index (χ1) is 15.5. The minimum Gasteiger partial charge on any atom is -0.431 e. The lowest BCUT2D eigenvalue weighted by Gasteiger charge is -2.10. The molecule has 2 heterocycles. The van der Waals surface area contributed by atoms with Crippen LogP contribution in [0.3, 0.4) is 0 Å². The van der Waals surface area contributed by atoms with Gasteiger partial charge >= 0.3 is 0 Å². The lowest BCUT2D eigenvalue weighted by Crippen LogP contribution is -2.34. The SMILES string of the molecule is C[C@H](NC(=O)c1nc(-c2cccc(-c3ncc(C(=O)N[C@H](C)C4CC4)o3)c2)n[nH]1)C1CC1. The molecule has 2 aliphatic carbocycles. The number of carbonyl (C=O) groups excluding carboxylic acids is 2. The third-order valence-electron chi connectivity index (χ3n) is 6.17. The van der Waals surface area contributed by atoms with Gasteiger partial charge in [-0.3, -0.25) is 14.7 Å². The standard InChI is InChI=1S/C23H26N6O3/c1-12(14-6-7-14)25-21(30)18-11-24-23(32-18)17-5-3-4-16(10-17)19-27-20(29-28-19)22(31)26-13(2)15-8-9-15/h3-5,10-15H,6-9H2,1-2H3,(H,25,30)(H,26,31)(H,27,28,29)/t12-,13+/m1/s1. The molecule has 1 aromatic carbocycles. The van der Waals surface area contributed by atoms with E-state index in [0.717, 1.165) is 25.7 Å². The molecule has 166 valence electrons. The van der Waals surface area contributed by atoms with Crippen LogP contribution in [-0.2, 0) is 0 Å². The van der Waals surface area contributed by atoms with Gasteiger partial charge in [-0.25, -0.2) is 9.97 Å². The summed E-state index contributed by atoms with van der Waals surface area (Å²) in [5.41, 5.74) is 1.40. The predicted octanol–water partition coefficient (Wildman–Crippen LogP) is 3.18. The Balaban J connectivity index is 1.29. The highest BCUT2D eigenvalue weighted by atomic mass is 16.4. The smallest absolute Gasteiger partial charge is 0.288 e. The van der Waals surface area contributed by atoms with E-state index in [9.17, 15) is 9.59 Å². The first kappa shape index (κ1) is 20.4. The number of amides is 2. The molecule has 2 atom stereocenters. The summed E-state index contributed by atoms with van der Waals surface area (Å²) < 4.78 is 5.70. The van der Waals surface area contributed by atoms with Gasteiger partial charge in [0, 0.05) is 23.2 Å². The largest absolute Gasteiger partial charge is 0.431 e. The van der Waals surface area contributed by atoms with Crippen molar-refractivity contribution < 1.29 is 14.0 Å². The van der Waals surface area contributed by atoms with E-state index in [1.165, 1.54) is 6.20 Å². The van der Waals surface area contributed by atoms with E-state index in [1.807, 2.05) is 38.1 Å². The van der Waals surface area contributed by atoms with E-state index >= 15 is 0 Å². The number of oxazole rings is 1. The highest BCUT2D eigenvalue weighted by Gasteiger charge is 2.30. The summed E-state index contributed by atoms with van der Waals surface area (Å²) in [6, 6.07) is 7.58. The number of hydrogen-bond donors (Lipinski definition) is 3. The molecule has 0 bridgehead atoms. The van der Waals surface area contributed by atoms with Crippen molar-refractivity contribution >= 4 is 11.8 Å². The van der Waals surface area contributed by atoms with Gasteiger partial charge in [0.05, 0.1) is 6.20 Å². The lowest BCUT2D eigenvalue weighted by atomic mass is 10.1. The average molecular weight is 435 g/mol. The van der Waals surface area contributed by atoms with Crippen molar-refractivity contribution in [2.75, 3.05) is 0 Å². The molecule has 3 aromatic rings. The van der Waals surface area contributed by atoms with Gasteiger partial charge < -0.3 is 15.1 Å². The number of aromatic amines is 1. The van der Waals surface area contributed by atoms with Gasteiger partial charge in [-0.2, -0.15) is 5.10 Å². The number of nitrogens with one attached hydrogen (secondary N) is 3. The van der Waals surface area contributed by atoms with Crippen LogP contribution in [-0.4, -0.2) is 44.1 Å². The van der Waals surface area contributed by atoms with Gasteiger partial charge in [-0.15, -0.1) is 0 Å². The second-order valence-corrected chi connectivity index (χ2v) is 8.82. The molecular formula is C23H26N6O3. The Morgan fingerprint density at radius 1 is 1.03 bits per heavy atom. The number of H-pyrrole nitrogens is 1. The normalized spacial score (nSPS) is 17.6. The number of rotatable bonds is 8. The maximum absolute atomic E-state index is 12.4. The van der Waals surface area contributed by atoms with Gasteiger partial charge in [-0.1, -0.05) is 12.1 Å². The lowest BCUT2D eigenvalue weighted by molar-refractivity contribution is 0.0905. The van der Waals surface area contributed by atoms with Gasteiger partial charge in [0.25, 0.3) is 11.8 Å². The molecule has 2 amide bonds. The molecule has 0 radical (unpaired) electrons. The summed E-state index contributed by atoms with van der Waals surface area (Å²) in [5, 5.41) is 12.8. The van der Waals surface area contributed by atoms with Crippen LogP contribution in [0.2, 0.25) is 0 Å². The molecule has 3 N–H and O–H groups in total. The van der Waals surface area contributed by atoms with E-state index in [1.54, 1.807) is 0 Å². The summed E-state index contributed by atoms with van der Waals surface area (Å²) in [6.07, 6.45) is 6.05. The molecule has 0 unspecified atom stereocenters. The van der Waals surface area contributed by atoms with Crippen LogP contribution in [0.5, 0.6) is 0 Å². The zero-order valence-electron chi connectivity index (χ0n) is 18.1. The first-order valence-corrected chi connectivity index (χ1v) is 11.1. The van der Waals surface area contributed by atoms with Gasteiger partial charge in [-0.05, 0) is 63.5 Å². The van der Waals surface area contributed by atoms with Crippen LogP contribution in [0.25, 0.3) is 22.8 Å². The minimum absolute atomic E-state index is 0.128. The van der Waals surface area contributed by atoms with Crippen molar-refractivity contribution in [3.05, 3.63) is 42.0 Å². The molecule has 0 spiro atoms. The van der Waals surface area contributed by atoms with E-state index in [4.69, 9.17) is 4.42 Å². The van der Waals surface area contributed by atoms with Crippen LogP contribution in [0.15, 0.2) is 34.9 Å². The molecule has 0 aliphatic heterocycles. The zero-order chi connectivity index (χ0) is 22.2. The molecule has 9 nitrogen and oxygen atoms in total. The highest BCUT2D eigenvalue weighted by Crippen LogP contribution is 2.33. The molecule has 9 heteroatoms. The highest BCUT2D eigenvalue weighted by molar-refractivity contribution is 5.92. The average Bonchev–Trinajstić information content (AvgIpc) is 3.72. The Kier molecular flexibility index (Phi) is 5.24. The Morgan fingerprint density at radius 2 is 1.69 bits per heavy atom. The predicted molar refractivity (Wildman–Crippen MR) is 117 cm³/mol. The number of hydrogen-bond acceptors (Lipinski definition) is 6. The molecule has 2 fully saturated rings. The number of aromatic nitrogens is 4. The Bertz CT molecular complexity index is 1060. The van der Waals surface area contributed by atoms with Crippen molar-refractivity contribution in [1.29, 1.82) is 0 Å². The van der Waals surface area contributed by atoms with Crippen LogP contribution in [0.4, 0.5) is 0 Å². The zero-order valence-corrected chi connectivity index (χ0v) is 18.1. The van der Waals surface area contributed by atoms with E-state index in [0.29, 0.717) is 34.7 Å². The van der Waals surface area contributed by atoms with Gasteiger partial charge in [0.1, 0.15) is 0 Å². The number of nitrogens with zero attached hydrogens (tertiary/aromatic N) is 3. The summed E-state index contributed by atoms with van der Waals surface area (Å²) in [6.45, 7) is 4.02. The Labute approximate surface area is 185 Å². The van der Waals surface area contributed by atoms with Crippen molar-refractivity contribution in [1.82, 2.24) is 30.8 Å². The third kappa shape index (κ3) is 4.42. The van der Waals surface area contributed by atoms with Gasteiger partial charge in [0.2, 0.25) is 17.5 Å². The first-order valence-electron chi connectivity index (χ1n) is 11.1. The summed E-state index contributed by atoms with van der Waals surface area (Å²) in [4.78, 5) is 33.4. The van der Waals surface area contributed by atoms with E-state index in [2.05, 4.69) is 30.8 Å². The van der Waals surface area contributed by atoms with Gasteiger partial charge in [0.15, 0.2) is 5.82 Å². The topological polar surface area (TPSA) is 126 Å². The van der Waals surface area contributed by atoms with E-state index < -0.39 is 0 Å². The Morgan fingerprint density at radius 3 is 2.38 bits per heavy atom. The minimum atomic E-state index is -0.261. The number of benzene rings is 1. The molecular weight excluding hydrogens is 408 g/mol. The molecule has 2 aliphatic rings. The van der Waals surface area contributed by atoms with Crippen LogP contribution in [0.1, 0.15) is 60.7 Å². The maximum atomic E-state index is 12.4. The van der Waals surface area contributed by atoms with Crippen molar-refractivity contribution in [3.8, 4) is 22.8 Å². The molecule has 5 rings (SSSR count).